The normalized spacial score (nSPS) is 13.6. The van der Waals surface area contributed by atoms with Gasteiger partial charge in [0.1, 0.15) is 0 Å². The number of ether oxygens (including phenoxy) is 1. The van der Waals surface area contributed by atoms with Gasteiger partial charge in [-0.1, -0.05) is 20.8 Å². The van der Waals surface area contributed by atoms with Gasteiger partial charge in [-0.15, -0.1) is 0 Å². The number of hydrogen-bond acceptors (Lipinski definition) is 3. The molecule has 0 aliphatic carbocycles. The summed E-state index contributed by atoms with van der Waals surface area (Å²) in [7, 11) is 0. The maximum absolute atomic E-state index is 5.43. The van der Waals surface area contributed by atoms with Crippen LogP contribution in [0.25, 0.3) is 0 Å². The molecule has 0 aliphatic heterocycles. The molecule has 0 aliphatic rings. The summed E-state index contributed by atoms with van der Waals surface area (Å²) in [6.45, 7) is 8.20. The standard InChI is InChI=1S/C10H24N2O/c1-4-6-13-7-5-10(12-11)8-9(2)3/h9-10,12H,4-8,11H2,1-3H3. The number of hydrazine groups is 1. The summed E-state index contributed by atoms with van der Waals surface area (Å²) in [5, 5.41) is 0. The molecule has 0 aromatic rings. The molecule has 0 fully saturated rings. The van der Waals surface area contributed by atoms with E-state index in [9.17, 15) is 0 Å². The summed E-state index contributed by atoms with van der Waals surface area (Å²) in [5.41, 5.74) is 2.83. The van der Waals surface area contributed by atoms with Crippen LogP contribution in [-0.2, 0) is 4.74 Å². The Labute approximate surface area is 82.0 Å². The first-order valence-corrected chi connectivity index (χ1v) is 5.24. The van der Waals surface area contributed by atoms with Crippen molar-refractivity contribution in [3.05, 3.63) is 0 Å². The first-order valence-electron chi connectivity index (χ1n) is 5.24. The fourth-order valence-electron chi connectivity index (χ4n) is 1.31. The molecule has 0 radical (unpaired) electrons. The van der Waals surface area contributed by atoms with Gasteiger partial charge in [0.2, 0.25) is 0 Å². The molecule has 0 saturated carbocycles. The van der Waals surface area contributed by atoms with Crippen molar-refractivity contribution in [1.82, 2.24) is 5.43 Å². The molecular formula is C10H24N2O. The van der Waals surface area contributed by atoms with Gasteiger partial charge in [-0.05, 0) is 25.2 Å². The lowest BCUT2D eigenvalue weighted by Gasteiger charge is -2.17. The highest BCUT2D eigenvalue weighted by molar-refractivity contribution is 4.64. The molecule has 3 nitrogen and oxygen atoms in total. The highest BCUT2D eigenvalue weighted by Crippen LogP contribution is 2.07. The first kappa shape index (κ1) is 12.9. The zero-order valence-electron chi connectivity index (χ0n) is 9.18. The zero-order chi connectivity index (χ0) is 10.1. The Balaban J connectivity index is 3.36. The van der Waals surface area contributed by atoms with Crippen molar-refractivity contribution >= 4 is 0 Å². The second-order valence-corrected chi connectivity index (χ2v) is 3.89. The molecule has 1 unspecified atom stereocenters. The van der Waals surface area contributed by atoms with Gasteiger partial charge in [-0.3, -0.25) is 11.3 Å². The van der Waals surface area contributed by atoms with Crippen molar-refractivity contribution in [2.24, 2.45) is 11.8 Å². The van der Waals surface area contributed by atoms with Crippen molar-refractivity contribution in [3.8, 4) is 0 Å². The molecule has 1 atom stereocenters. The van der Waals surface area contributed by atoms with Gasteiger partial charge in [-0.2, -0.15) is 0 Å². The third-order valence-corrected chi connectivity index (χ3v) is 1.95. The van der Waals surface area contributed by atoms with Crippen LogP contribution in [0, 0.1) is 5.92 Å². The minimum Gasteiger partial charge on any atom is -0.381 e. The van der Waals surface area contributed by atoms with E-state index in [1.807, 2.05) is 0 Å². The predicted octanol–water partition coefficient (Wildman–Crippen LogP) is 1.68. The molecule has 0 aromatic carbocycles. The van der Waals surface area contributed by atoms with Gasteiger partial charge in [-0.25, -0.2) is 0 Å². The van der Waals surface area contributed by atoms with Crippen LogP contribution >= 0.6 is 0 Å². The van der Waals surface area contributed by atoms with Gasteiger partial charge in [0.05, 0.1) is 0 Å². The smallest absolute Gasteiger partial charge is 0.0481 e. The minimum atomic E-state index is 0.400. The Morgan fingerprint density at radius 2 is 2.00 bits per heavy atom. The molecule has 80 valence electrons. The van der Waals surface area contributed by atoms with E-state index >= 15 is 0 Å². The van der Waals surface area contributed by atoms with E-state index in [-0.39, 0.29) is 0 Å². The molecular weight excluding hydrogens is 164 g/mol. The second-order valence-electron chi connectivity index (χ2n) is 3.89. The zero-order valence-corrected chi connectivity index (χ0v) is 9.18. The van der Waals surface area contributed by atoms with Crippen LogP contribution in [0.3, 0.4) is 0 Å². The van der Waals surface area contributed by atoms with Crippen LogP contribution in [0.1, 0.15) is 40.0 Å². The highest BCUT2D eigenvalue weighted by Gasteiger charge is 2.07. The molecule has 0 saturated heterocycles. The number of rotatable bonds is 8. The number of nitrogens with two attached hydrogens (primary N) is 1. The summed E-state index contributed by atoms with van der Waals surface area (Å²) in [5.74, 6) is 6.12. The summed E-state index contributed by atoms with van der Waals surface area (Å²) in [4.78, 5) is 0. The van der Waals surface area contributed by atoms with E-state index in [4.69, 9.17) is 10.6 Å². The van der Waals surface area contributed by atoms with Crippen molar-refractivity contribution in [3.63, 3.8) is 0 Å². The SMILES string of the molecule is CCCOCCC(CC(C)C)NN. The maximum Gasteiger partial charge on any atom is 0.0481 e. The van der Waals surface area contributed by atoms with Crippen LogP contribution in [0.2, 0.25) is 0 Å². The summed E-state index contributed by atoms with van der Waals surface area (Å²) >= 11 is 0. The molecule has 3 N–H and O–H groups in total. The van der Waals surface area contributed by atoms with E-state index in [1.165, 1.54) is 0 Å². The van der Waals surface area contributed by atoms with E-state index in [1.54, 1.807) is 0 Å². The average molecular weight is 188 g/mol. The third-order valence-electron chi connectivity index (χ3n) is 1.95. The summed E-state index contributed by atoms with van der Waals surface area (Å²) in [6.07, 6.45) is 3.21. The number of nitrogens with one attached hydrogen (secondary N) is 1. The Morgan fingerprint density at radius 3 is 2.46 bits per heavy atom. The van der Waals surface area contributed by atoms with Crippen molar-refractivity contribution in [2.75, 3.05) is 13.2 Å². The largest absolute Gasteiger partial charge is 0.381 e. The predicted molar refractivity (Wildman–Crippen MR) is 56.3 cm³/mol. The topological polar surface area (TPSA) is 47.3 Å². The Morgan fingerprint density at radius 1 is 1.31 bits per heavy atom. The molecule has 0 heterocycles. The average Bonchev–Trinajstić information content (AvgIpc) is 2.09. The van der Waals surface area contributed by atoms with Crippen molar-refractivity contribution in [2.45, 2.75) is 46.1 Å². The van der Waals surface area contributed by atoms with E-state index in [0.717, 1.165) is 32.5 Å². The van der Waals surface area contributed by atoms with Crippen molar-refractivity contribution in [1.29, 1.82) is 0 Å². The van der Waals surface area contributed by atoms with Gasteiger partial charge >= 0.3 is 0 Å². The van der Waals surface area contributed by atoms with Gasteiger partial charge in [0.15, 0.2) is 0 Å². The van der Waals surface area contributed by atoms with E-state index in [0.29, 0.717) is 12.0 Å². The fourth-order valence-corrected chi connectivity index (χ4v) is 1.31. The van der Waals surface area contributed by atoms with Gasteiger partial charge in [0, 0.05) is 19.3 Å². The highest BCUT2D eigenvalue weighted by atomic mass is 16.5. The van der Waals surface area contributed by atoms with E-state index in [2.05, 4.69) is 26.2 Å². The second kappa shape index (κ2) is 8.48. The fraction of sp³-hybridized carbons (Fsp3) is 1.00. The van der Waals surface area contributed by atoms with Gasteiger partial charge in [0.25, 0.3) is 0 Å². The van der Waals surface area contributed by atoms with Crippen LogP contribution in [0.15, 0.2) is 0 Å². The van der Waals surface area contributed by atoms with Gasteiger partial charge < -0.3 is 4.74 Å². The molecule has 0 spiro atoms. The van der Waals surface area contributed by atoms with E-state index < -0.39 is 0 Å². The Hall–Kier alpha value is -0.120. The van der Waals surface area contributed by atoms with Crippen LogP contribution in [0.5, 0.6) is 0 Å². The lowest BCUT2D eigenvalue weighted by molar-refractivity contribution is 0.122. The molecule has 13 heavy (non-hydrogen) atoms. The van der Waals surface area contributed by atoms with Crippen LogP contribution in [0.4, 0.5) is 0 Å². The third kappa shape index (κ3) is 8.22. The lowest BCUT2D eigenvalue weighted by atomic mass is 10.0. The number of hydrogen-bond donors (Lipinski definition) is 2. The monoisotopic (exact) mass is 188 g/mol. The quantitative estimate of drug-likeness (QED) is 0.346. The summed E-state index contributed by atoms with van der Waals surface area (Å²) < 4.78 is 5.40. The maximum atomic E-state index is 5.43. The van der Waals surface area contributed by atoms with Crippen molar-refractivity contribution < 1.29 is 4.74 Å². The molecule has 0 aromatic heterocycles. The molecule has 0 bridgehead atoms. The van der Waals surface area contributed by atoms with Crippen LogP contribution in [-0.4, -0.2) is 19.3 Å². The molecule has 3 heteroatoms. The lowest BCUT2D eigenvalue weighted by Crippen LogP contribution is -2.37. The Bertz CT molecular complexity index is 107. The van der Waals surface area contributed by atoms with Crippen LogP contribution < -0.4 is 11.3 Å². The first-order chi connectivity index (χ1) is 6.20. The minimum absolute atomic E-state index is 0.400. The Kier molecular flexibility index (Phi) is 8.40. The summed E-state index contributed by atoms with van der Waals surface area (Å²) in [6, 6.07) is 0.400. The molecule has 0 rings (SSSR count). The molecule has 0 amide bonds.